The maximum atomic E-state index is 11.4. The summed E-state index contributed by atoms with van der Waals surface area (Å²) in [6.07, 6.45) is 0.537. The summed E-state index contributed by atoms with van der Waals surface area (Å²) in [5, 5.41) is 11.1. The molecule has 0 aromatic rings. The van der Waals surface area contributed by atoms with E-state index in [1.54, 1.807) is 0 Å². The van der Waals surface area contributed by atoms with Gasteiger partial charge in [-0.05, 0) is 12.8 Å². The Kier molecular flexibility index (Phi) is 3.39. The standard InChI is InChI=1S/C9H15NO6S2/c11-10(12)9(7-1-3-17(13,14)5-7)8-2-4-18(15,16)6-8/h7-9H,1-6H2/t7-,8-/m1/s1. The molecule has 2 aliphatic heterocycles. The molecule has 0 saturated carbocycles. The van der Waals surface area contributed by atoms with Crippen molar-refractivity contribution in [1.82, 2.24) is 0 Å². The lowest BCUT2D eigenvalue weighted by Gasteiger charge is -2.19. The van der Waals surface area contributed by atoms with Crippen LogP contribution in [-0.4, -0.2) is 50.8 Å². The van der Waals surface area contributed by atoms with Crippen molar-refractivity contribution in [2.45, 2.75) is 18.9 Å². The minimum Gasteiger partial charge on any atom is -0.264 e. The highest BCUT2D eigenvalue weighted by atomic mass is 32.2. The molecule has 9 heteroatoms. The zero-order chi connectivity index (χ0) is 13.6. The fourth-order valence-electron chi connectivity index (χ4n) is 2.92. The lowest BCUT2D eigenvalue weighted by molar-refractivity contribution is -0.539. The van der Waals surface area contributed by atoms with Crippen molar-refractivity contribution in [2.75, 3.05) is 23.0 Å². The van der Waals surface area contributed by atoms with Gasteiger partial charge in [0.25, 0.3) is 0 Å². The van der Waals surface area contributed by atoms with Crippen molar-refractivity contribution in [2.24, 2.45) is 11.8 Å². The first kappa shape index (κ1) is 13.7. The Morgan fingerprint density at radius 3 is 1.56 bits per heavy atom. The smallest absolute Gasteiger partial charge is 0.220 e. The molecule has 7 nitrogen and oxygen atoms in total. The Bertz CT molecular complexity index is 508. The normalized spacial score (nSPS) is 33.8. The van der Waals surface area contributed by atoms with Crippen LogP contribution in [0.25, 0.3) is 0 Å². The molecule has 2 aliphatic rings. The van der Waals surface area contributed by atoms with Crippen LogP contribution in [-0.2, 0) is 19.7 Å². The summed E-state index contributed by atoms with van der Waals surface area (Å²) in [5.74, 6) is -1.50. The van der Waals surface area contributed by atoms with Gasteiger partial charge in [-0.1, -0.05) is 0 Å². The minimum absolute atomic E-state index is 0.0263. The maximum Gasteiger partial charge on any atom is 0.220 e. The van der Waals surface area contributed by atoms with E-state index in [4.69, 9.17) is 0 Å². The fourth-order valence-corrected chi connectivity index (χ4v) is 6.60. The Balaban J connectivity index is 2.18. The van der Waals surface area contributed by atoms with Crippen LogP contribution < -0.4 is 0 Å². The van der Waals surface area contributed by atoms with E-state index in [2.05, 4.69) is 0 Å². The van der Waals surface area contributed by atoms with Gasteiger partial charge in [-0.15, -0.1) is 0 Å². The second-order valence-electron chi connectivity index (χ2n) is 5.10. The van der Waals surface area contributed by atoms with Crippen LogP contribution in [0.15, 0.2) is 0 Å². The van der Waals surface area contributed by atoms with Crippen molar-refractivity contribution in [3.8, 4) is 0 Å². The van der Waals surface area contributed by atoms with Crippen LogP contribution in [0.1, 0.15) is 12.8 Å². The number of hydrogen-bond donors (Lipinski definition) is 0. The summed E-state index contributed by atoms with van der Waals surface area (Å²) in [6.45, 7) is 0. The second-order valence-corrected chi connectivity index (χ2v) is 9.56. The molecule has 0 aromatic carbocycles. The lowest BCUT2D eigenvalue weighted by Crippen LogP contribution is -2.38. The van der Waals surface area contributed by atoms with Crippen LogP contribution in [0.2, 0.25) is 0 Å². The molecule has 2 saturated heterocycles. The van der Waals surface area contributed by atoms with Crippen LogP contribution in [0.3, 0.4) is 0 Å². The highest BCUT2D eigenvalue weighted by Gasteiger charge is 2.48. The first-order valence-corrected chi connectivity index (χ1v) is 9.39. The molecule has 0 unspecified atom stereocenters. The summed E-state index contributed by atoms with van der Waals surface area (Å²) < 4.78 is 45.5. The molecule has 2 rings (SSSR count). The van der Waals surface area contributed by atoms with Gasteiger partial charge in [0.2, 0.25) is 6.04 Å². The Labute approximate surface area is 106 Å². The van der Waals surface area contributed by atoms with Crippen molar-refractivity contribution in [1.29, 1.82) is 0 Å². The molecule has 0 aliphatic carbocycles. The third-order valence-corrected chi connectivity index (χ3v) is 7.33. The van der Waals surface area contributed by atoms with E-state index >= 15 is 0 Å². The third kappa shape index (κ3) is 2.82. The predicted molar refractivity (Wildman–Crippen MR) is 64.3 cm³/mol. The Hall–Kier alpha value is -0.700. The fraction of sp³-hybridized carbons (Fsp3) is 1.00. The number of nitro groups is 1. The van der Waals surface area contributed by atoms with E-state index in [1.807, 2.05) is 0 Å². The predicted octanol–water partition coefficient (Wildman–Crippen LogP) is -0.499. The highest BCUT2D eigenvalue weighted by Crippen LogP contribution is 2.33. The average Bonchev–Trinajstić information content (AvgIpc) is 2.70. The molecule has 0 amide bonds. The third-order valence-electron chi connectivity index (χ3n) is 3.74. The molecule has 18 heavy (non-hydrogen) atoms. The summed E-state index contributed by atoms with van der Waals surface area (Å²) in [7, 11) is -6.37. The summed E-state index contributed by atoms with van der Waals surface area (Å²) in [4.78, 5) is 10.6. The topological polar surface area (TPSA) is 111 Å². The van der Waals surface area contributed by atoms with E-state index in [1.165, 1.54) is 0 Å². The second kappa shape index (κ2) is 4.44. The van der Waals surface area contributed by atoms with Gasteiger partial charge in [-0.3, -0.25) is 10.1 Å². The quantitative estimate of drug-likeness (QED) is 0.513. The zero-order valence-corrected chi connectivity index (χ0v) is 11.3. The van der Waals surface area contributed by atoms with Gasteiger partial charge < -0.3 is 0 Å². The van der Waals surface area contributed by atoms with Gasteiger partial charge in [0.05, 0.1) is 23.0 Å². The molecule has 2 heterocycles. The highest BCUT2D eigenvalue weighted by molar-refractivity contribution is 7.91. The van der Waals surface area contributed by atoms with E-state index in [0.29, 0.717) is 0 Å². The molecule has 0 aromatic heterocycles. The van der Waals surface area contributed by atoms with Crippen LogP contribution in [0.5, 0.6) is 0 Å². The summed E-state index contributed by atoms with van der Waals surface area (Å²) >= 11 is 0. The monoisotopic (exact) mass is 297 g/mol. The van der Waals surface area contributed by atoms with Crippen LogP contribution in [0.4, 0.5) is 0 Å². The molecule has 104 valence electrons. The first-order valence-electron chi connectivity index (χ1n) is 5.74. The zero-order valence-electron chi connectivity index (χ0n) is 9.69. The SMILES string of the molecule is O=[N+]([O-])C([C@@H]1CCS(=O)(=O)C1)[C@@H]1CCS(=O)(=O)C1. The van der Waals surface area contributed by atoms with Crippen molar-refractivity contribution in [3.05, 3.63) is 10.1 Å². The van der Waals surface area contributed by atoms with E-state index in [9.17, 15) is 26.9 Å². The number of rotatable bonds is 3. The molecule has 0 spiro atoms. The molecule has 2 fully saturated rings. The van der Waals surface area contributed by atoms with Crippen LogP contribution in [0, 0.1) is 22.0 Å². The van der Waals surface area contributed by atoms with Crippen molar-refractivity contribution in [3.63, 3.8) is 0 Å². The van der Waals surface area contributed by atoms with E-state index < -0.39 is 42.5 Å². The molecule has 0 radical (unpaired) electrons. The number of hydrogen-bond acceptors (Lipinski definition) is 6. The Morgan fingerprint density at radius 1 is 0.944 bits per heavy atom. The largest absolute Gasteiger partial charge is 0.264 e. The van der Waals surface area contributed by atoms with Crippen molar-refractivity contribution >= 4 is 19.7 Å². The average molecular weight is 297 g/mol. The van der Waals surface area contributed by atoms with Gasteiger partial charge in [0, 0.05) is 16.8 Å². The molecular formula is C9H15NO6S2. The molecule has 0 N–H and O–H groups in total. The maximum absolute atomic E-state index is 11.4. The minimum atomic E-state index is -3.19. The lowest BCUT2D eigenvalue weighted by atomic mass is 9.88. The van der Waals surface area contributed by atoms with Gasteiger partial charge in [-0.2, -0.15) is 0 Å². The summed E-state index contributed by atoms with van der Waals surface area (Å²) in [6, 6.07) is -1.04. The molecule has 2 atom stereocenters. The van der Waals surface area contributed by atoms with Gasteiger partial charge in [0.1, 0.15) is 0 Å². The summed E-state index contributed by atoms with van der Waals surface area (Å²) in [5.41, 5.74) is 0. The van der Waals surface area contributed by atoms with E-state index in [0.717, 1.165) is 0 Å². The molecular weight excluding hydrogens is 282 g/mol. The van der Waals surface area contributed by atoms with E-state index in [-0.39, 0.29) is 35.9 Å². The van der Waals surface area contributed by atoms with Gasteiger partial charge >= 0.3 is 0 Å². The van der Waals surface area contributed by atoms with Crippen molar-refractivity contribution < 1.29 is 21.8 Å². The number of sulfone groups is 2. The number of nitrogens with zero attached hydrogens (tertiary/aromatic N) is 1. The first-order chi connectivity index (χ1) is 8.20. The Morgan fingerprint density at radius 2 is 1.33 bits per heavy atom. The van der Waals surface area contributed by atoms with Gasteiger partial charge in [0.15, 0.2) is 19.7 Å². The molecule has 0 bridgehead atoms. The van der Waals surface area contributed by atoms with Gasteiger partial charge in [-0.25, -0.2) is 16.8 Å². The van der Waals surface area contributed by atoms with Crippen LogP contribution >= 0.6 is 0 Å².